The average molecular weight is 348 g/mol. The van der Waals surface area contributed by atoms with Gasteiger partial charge in [0.15, 0.2) is 11.5 Å². The predicted octanol–water partition coefficient (Wildman–Crippen LogP) is 2.77. The quantitative estimate of drug-likeness (QED) is 0.785. The molecule has 1 aromatic carbocycles. The fraction of sp³-hybridized carbons (Fsp3) is 0.263. The molecule has 0 spiro atoms. The van der Waals surface area contributed by atoms with Gasteiger partial charge in [0.05, 0.1) is 6.33 Å². The van der Waals surface area contributed by atoms with E-state index in [1.807, 2.05) is 55.1 Å². The first-order chi connectivity index (χ1) is 12.8. The van der Waals surface area contributed by atoms with E-state index in [-0.39, 0.29) is 5.91 Å². The van der Waals surface area contributed by atoms with Crippen molar-refractivity contribution in [2.75, 3.05) is 23.3 Å². The first kappa shape index (κ1) is 16.3. The van der Waals surface area contributed by atoms with Gasteiger partial charge in [0.25, 0.3) is 5.91 Å². The maximum Gasteiger partial charge on any atom is 0.276 e. The van der Waals surface area contributed by atoms with Gasteiger partial charge in [-0.1, -0.05) is 18.2 Å². The molecule has 7 nitrogen and oxygen atoms in total. The van der Waals surface area contributed by atoms with Crippen molar-refractivity contribution < 1.29 is 4.79 Å². The molecule has 4 rings (SSSR count). The number of anilines is 2. The van der Waals surface area contributed by atoms with E-state index >= 15 is 0 Å². The molecule has 26 heavy (non-hydrogen) atoms. The summed E-state index contributed by atoms with van der Waals surface area (Å²) in [5.74, 6) is 0.555. The Morgan fingerprint density at radius 2 is 1.85 bits per heavy atom. The highest BCUT2D eigenvalue weighted by Crippen LogP contribution is 2.25. The first-order valence-corrected chi connectivity index (χ1v) is 8.72. The van der Waals surface area contributed by atoms with Crippen LogP contribution in [0.2, 0.25) is 0 Å². The molecular weight excluding hydrogens is 328 g/mol. The summed E-state index contributed by atoms with van der Waals surface area (Å²) in [6, 6.07) is 13.4. The molecule has 7 heteroatoms. The molecule has 1 amide bonds. The highest BCUT2D eigenvalue weighted by molar-refractivity contribution is 6.02. The number of benzene rings is 1. The van der Waals surface area contributed by atoms with Crippen LogP contribution in [-0.4, -0.2) is 38.7 Å². The minimum atomic E-state index is -0.255. The van der Waals surface area contributed by atoms with Crippen LogP contribution in [-0.2, 0) is 0 Å². The molecule has 0 radical (unpaired) electrons. The highest BCUT2D eigenvalue weighted by atomic mass is 16.1. The summed E-state index contributed by atoms with van der Waals surface area (Å²) < 4.78 is 2.17. The lowest BCUT2D eigenvalue weighted by Crippen LogP contribution is -2.35. The number of piperidine rings is 1. The minimum Gasteiger partial charge on any atom is -0.355 e. The maximum atomic E-state index is 12.2. The zero-order chi connectivity index (χ0) is 17.8. The largest absolute Gasteiger partial charge is 0.355 e. The zero-order valence-corrected chi connectivity index (χ0v) is 14.3. The number of carbonyl (C=O) groups is 1. The number of para-hydroxylation sites is 1. The summed E-state index contributed by atoms with van der Waals surface area (Å²) in [6.45, 7) is 1.82. The zero-order valence-electron chi connectivity index (χ0n) is 14.3. The highest BCUT2D eigenvalue weighted by Gasteiger charge is 2.21. The number of hydrogen-bond donors (Lipinski definition) is 1. The van der Waals surface area contributed by atoms with Crippen LogP contribution in [0.5, 0.6) is 0 Å². The lowest BCUT2D eigenvalue weighted by atomic mass is 10.1. The number of carbonyl (C=O) groups excluding carboxylic acids is 1. The van der Waals surface area contributed by atoms with Crippen molar-refractivity contribution >= 4 is 17.4 Å². The summed E-state index contributed by atoms with van der Waals surface area (Å²) in [4.78, 5) is 18.6. The van der Waals surface area contributed by atoms with E-state index in [0.717, 1.165) is 37.4 Å². The fourth-order valence-electron chi connectivity index (χ4n) is 3.21. The Morgan fingerprint density at radius 3 is 2.50 bits per heavy atom. The molecule has 3 aromatic rings. The van der Waals surface area contributed by atoms with Crippen LogP contribution in [0.3, 0.4) is 0 Å². The Labute approximate surface area is 151 Å². The SMILES string of the molecule is O=C(Nc1ccccc1)c1ccc(N2CCC(n3ccnc3)CC2)nn1. The molecule has 0 aliphatic carbocycles. The topological polar surface area (TPSA) is 75.9 Å². The van der Waals surface area contributed by atoms with Gasteiger partial charge < -0.3 is 14.8 Å². The molecule has 0 unspecified atom stereocenters. The number of amides is 1. The second-order valence-electron chi connectivity index (χ2n) is 6.33. The van der Waals surface area contributed by atoms with E-state index in [1.54, 1.807) is 6.07 Å². The standard InChI is InChI=1S/C19H20N6O/c26-19(21-15-4-2-1-3-5-15)17-6-7-18(23-22-17)24-11-8-16(9-12-24)25-13-10-20-14-25/h1-7,10,13-14,16H,8-9,11-12H2,(H,21,26). The van der Waals surface area contributed by atoms with Gasteiger partial charge in [-0.2, -0.15) is 0 Å². The van der Waals surface area contributed by atoms with Gasteiger partial charge in [0.1, 0.15) is 0 Å². The average Bonchev–Trinajstić information content (AvgIpc) is 3.24. The van der Waals surface area contributed by atoms with Crippen LogP contribution in [0.1, 0.15) is 29.4 Å². The number of rotatable bonds is 4. The second-order valence-corrected chi connectivity index (χ2v) is 6.33. The van der Waals surface area contributed by atoms with Gasteiger partial charge in [-0.15, -0.1) is 10.2 Å². The van der Waals surface area contributed by atoms with Crippen LogP contribution >= 0.6 is 0 Å². The summed E-state index contributed by atoms with van der Waals surface area (Å²) in [6.07, 6.45) is 7.78. The third-order valence-corrected chi connectivity index (χ3v) is 4.65. The Balaban J connectivity index is 1.36. The van der Waals surface area contributed by atoms with Gasteiger partial charge in [0.2, 0.25) is 0 Å². The first-order valence-electron chi connectivity index (χ1n) is 8.72. The molecule has 132 valence electrons. The molecule has 2 aromatic heterocycles. The van der Waals surface area contributed by atoms with Crippen LogP contribution in [0.4, 0.5) is 11.5 Å². The monoisotopic (exact) mass is 348 g/mol. The van der Waals surface area contributed by atoms with Crippen molar-refractivity contribution in [2.45, 2.75) is 18.9 Å². The van der Waals surface area contributed by atoms with E-state index in [4.69, 9.17) is 0 Å². The van der Waals surface area contributed by atoms with Crippen molar-refractivity contribution in [3.8, 4) is 0 Å². The van der Waals surface area contributed by atoms with Gasteiger partial charge in [0, 0.05) is 37.2 Å². The number of hydrogen-bond acceptors (Lipinski definition) is 5. The van der Waals surface area contributed by atoms with Crippen molar-refractivity contribution in [2.24, 2.45) is 0 Å². The van der Waals surface area contributed by atoms with E-state index in [9.17, 15) is 4.79 Å². The normalized spacial score (nSPS) is 15.0. The van der Waals surface area contributed by atoms with Crippen LogP contribution < -0.4 is 10.2 Å². The Kier molecular flexibility index (Phi) is 4.59. The molecule has 0 bridgehead atoms. The third kappa shape index (κ3) is 3.56. The number of nitrogens with zero attached hydrogens (tertiary/aromatic N) is 5. The summed E-state index contributed by atoms with van der Waals surface area (Å²) in [5.41, 5.74) is 1.05. The molecule has 3 heterocycles. The Bertz CT molecular complexity index is 840. The predicted molar refractivity (Wildman–Crippen MR) is 99.1 cm³/mol. The molecule has 0 atom stereocenters. The van der Waals surface area contributed by atoms with Gasteiger partial charge >= 0.3 is 0 Å². The molecule has 1 fully saturated rings. The third-order valence-electron chi connectivity index (χ3n) is 4.65. The molecule has 1 aliphatic heterocycles. The summed E-state index contributed by atoms with van der Waals surface area (Å²) in [7, 11) is 0. The van der Waals surface area contributed by atoms with Crippen molar-refractivity contribution in [3.63, 3.8) is 0 Å². The fourth-order valence-corrected chi connectivity index (χ4v) is 3.21. The van der Waals surface area contributed by atoms with E-state index in [1.165, 1.54) is 0 Å². The molecule has 1 N–H and O–H groups in total. The molecule has 1 aliphatic rings. The molecular formula is C19H20N6O. The Hall–Kier alpha value is -3.22. The van der Waals surface area contributed by atoms with Gasteiger partial charge in [-0.05, 0) is 37.1 Å². The minimum absolute atomic E-state index is 0.255. The van der Waals surface area contributed by atoms with E-state index < -0.39 is 0 Å². The number of nitrogens with one attached hydrogen (secondary N) is 1. The second kappa shape index (κ2) is 7.35. The Morgan fingerprint density at radius 1 is 1.04 bits per heavy atom. The smallest absolute Gasteiger partial charge is 0.276 e. The van der Waals surface area contributed by atoms with Crippen LogP contribution in [0.15, 0.2) is 61.2 Å². The summed E-state index contributed by atoms with van der Waals surface area (Å²) in [5, 5.41) is 11.2. The van der Waals surface area contributed by atoms with E-state index in [2.05, 4.69) is 30.0 Å². The number of imidazole rings is 1. The van der Waals surface area contributed by atoms with Gasteiger partial charge in [-0.25, -0.2) is 4.98 Å². The van der Waals surface area contributed by atoms with Crippen LogP contribution in [0, 0.1) is 0 Å². The summed E-state index contributed by atoms with van der Waals surface area (Å²) >= 11 is 0. The van der Waals surface area contributed by atoms with Crippen molar-refractivity contribution in [1.29, 1.82) is 0 Å². The van der Waals surface area contributed by atoms with Crippen molar-refractivity contribution in [1.82, 2.24) is 19.7 Å². The molecule has 0 saturated carbocycles. The van der Waals surface area contributed by atoms with Crippen molar-refractivity contribution in [3.05, 3.63) is 66.9 Å². The number of aromatic nitrogens is 4. The van der Waals surface area contributed by atoms with Gasteiger partial charge in [-0.3, -0.25) is 4.79 Å². The lowest BCUT2D eigenvalue weighted by Gasteiger charge is -2.33. The van der Waals surface area contributed by atoms with Crippen LogP contribution in [0.25, 0.3) is 0 Å². The lowest BCUT2D eigenvalue weighted by molar-refractivity contribution is 0.102. The van der Waals surface area contributed by atoms with E-state index in [0.29, 0.717) is 11.7 Å². The molecule has 1 saturated heterocycles. The maximum absolute atomic E-state index is 12.2.